The molecule has 13 heteroatoms. The summed E-state index contributed by atoms with van der Waals surface area (Å²) in [7, 11) is 1.64. The molecule has 0 aliphatic carbocycles. The van der Waals surface area contributed by atoms with E-state index in [9.17, 15) is 27.2 Å². The van der Waals surface area contributed by atoms with Gasteiger partial charge in [0.2, 0.25) is 0 Å². The second-order valence-electron chi connectivity index (χ2n) is 8.38. The van der Waals surface area contributed by atoms with Gasteiger partial charge >= 0.3 is 6.03 Å². The summed E-state index contributed by atoms with van der Waals surface area (Å²) >= 11 is 2.81. The van der Waals surface area contributed by atoms with Gasteiger partial charge in [0.1, 0.15) is 11.5 Å². The monoisotopic (exact) mass is 546 g/mol. The molecule has 2 aromatic rings. The Bertz CT molecular complexity index is 1110. The number of nitrogens with one attached hydrogen (secondary N) is 2. The van der Waals surface area contributed by atoms with Crippen molar-refractivity contribution in [2.45, 2.75) is 25.9 Å². The summed E-state index contributed by atoms with van der Waals surface area (Å²) in [6, 6.07) is 1.58. The molecular weight excluding hydrogens is 524 g/mol. The second-order valence-corrected chi connectivity index (χ2v) is 9.17. The van der Waals surface area contributed by atoms with Crippen molar-refractivity contribution >= 4 is 33.6 Å². The Kier molecular flexibility index (Phi) is 7.12. The van der Waals surface area contributed by atoms with Crippen LogP contribution in [0.2, 0.25) is 0 Å². The number of nitrogens with zero attached hydrogens (tertiary/aromatic N) is 4. The van der Waals surface area contributed by atoms with Crippen molar-refractivity contribution < 1.29 is 27.2 Å². The van der Waals surface area contributed by atoms with Crippen LogP contribution in [0.3, 0.4) is 0 Å². The van der Waals surface area contributed by atoms with E-state index in [-0.39, 0.29) is 28.5 Å². The van der Waals surface area contributed by atoms with Crippen molar-refractivity contribution in [2.24, 2.45) is 5.92 Å². The molecule has 3 amide bonds. The zero-order valence-electron chi connectivity index (χ0n) is 18.3. The lowest BCUT2D eigenvalue weighted by Crippen LogP contribution is -2.40. The third kappa shape index (κ3) is 4.90. The summed E-state index contributed by atoms with van der Waals surface area (Å²) in [4.78, 5) is 28.9. The third-order valence-electron chi connectivity index (χ3n) is 5.91. The van der Waals surface area contributed by atoms with Crippen molar-refractivity contribution in [2.75, 3.05) is 38.5 Å². The van der Waals surface area contributed by atoms with Crippen LogP contribution >= 0.6 is 15.9 Å². The first-order valence-electron chi connectivity index (χ1n) is 10.7. The van der Waals surface area contributed by atoms with Gasteiger partial charge in [-0.3, -0.25) is 9.48 Å². The van der Waals surface area contributed by atoms with E-state index in [1.54, 1.807) is 11.7 Å². The lowest BCUT2D eigenvalue weighted by Gasteiger charge is -2.27. The van der Waals surface area contributed by atoms with Crippen LogP contribution in [0.25, 0.3) is 0 Å². The number of urea groups is 1. The minimum absolute atomic E-state index is 0.0916. The predicted octanol–water partition coefficient (Wildman–Crippen LogP) is 3.07. The van der Waals surface area contributed by atoms with Gasteiger partial charge in [-0.05, 0) is 28.1 Å². The Morgan fingerprint density at radius 1 is 1.29 bits per heavy atom. The summed E-state index contributed by atoms with van der Waals surface area (Å²) in [5.74, 6) is -2.09. The van der Waals surface area contributed by atoms with E-state index < -0.39 is 30.6 Å². The lowest BCUT2D eigenvalue weighted by molar-refractivity contribution is 0.0776. The van der Waals surface area contributed by atoms with E-state index in [1.165, 1.54) is 9.80 Å². The molecule has 1 aromatic carbocycles. The quantitative estimate of drug-likeness (QED) is 0.446. The van der Waals surface area contributed by atoms with E-state index in [0.29, 0.717) is 49.6 Å². The highest BCUT2D eigenvalue weighted by atomic mass is 79.9. The smallest absolute Gasteiger partial charge is 0.322 e. The van der Waals surface area contributed by atoms with E-state index >= 15 is 0 Å². The number of aromatic nitrogens is 2. The van der Waals surface area contributed by atoms with Crippen LogP contribution in [-0.2, 0) is 19.5 Å². The summed E-state index contributed by atoms with van der Waals surface area (Å²) in [6.07, 6.45) is -2.07. The molecule has 3 heterocycles. The van der Waals surface area contributed by atoms with Crippen molar-refractivity contribution in [1.29, 1.82) is 0 Å². The fourth-order valence-electron chi connectivity index (χ4n) is 4.27. The Balaban J connectivity index is 1.52. The Labute approximate surface area is 201 Å². The number of alkyl halides is 2. The summed E-state index contributed by atoms with van der Waals surface area (Å²) in [5.41, 5.74) is 1.49. The number of amides is 3. The minimum atomic E-state index is -2.46. The first-order valence-corrected chi connectivity index (χ1v) is 11.5. The average molecular weight is 547 g/mol. The number of hydrogen-bond donors (Lipinski definition) is 2. The maximum atomic E-state index is 14.3. The number of rotatable bonds is 5. The molecule has 8 nitrogen and oxygen atoms in total. The number of halogens is 5. The van der Waals surface area contributed by atoms with Gasteiger partial charge in [-0.25, -0.2) is 22.4 Å². The molecule has 1 aromatic heterocycles. The summed E-state index contributed by atoms with van der Waals surface area (Å²) in [6.45, 7) is 1.01. The molecular formula is C21H23BrF4N6O2. The zero-order valence-corrected chi connectivity index (χ0v) is 19.8. The van der Waals surface area contributed by atoms with Crippen molar-refractivity contribution in [3.63, 3.8) is 0 Å². The van der Waals surface area contributed by atoms with Crippen LogP contribution in [0.15, 0.2) is 16.6 Å². The first kappa shape index (κ1) is 24.5. The maximum Gasteiger partial charge on any atom is 0.322 e. The van der Waals surface area contributed by atoms with Crippen molar-refractivity contribution in [3.8, 4) is 0 Å². The number of carbonyl (C=O) groups is 2. The molecule has 34 heavy (non-hydrogen) atoms. The van der Waals surface area contributed by atoms with Crippen LogP contribution in [-0.4, -0.2) is 71.2 Å². The minimum Gasteiger partial charge on any atom is -0.340 e. The van der Waals surface area contributed by atoms with Crippen LogP contribution in [0.4, 0.5) is 28.0 Å². The molecule has 2 aliphatic heterocycles. The number of fused-ring (bicyclic) bond motifs is 3. The van der Waals surface area contributed by atoms with Gasteiger partial charge in [-0.1, -0.05) is 0 Å². The van der Waals surface area contributed by atoms with Gasteiger partial charge in [-0.2, -0.15) is 5.10 Å². The van der Waals surface area contributed by atoms with Crippen LogP contribution < -0.4 is 10.6 Å². The molecule has 0 saturated carbocycles. The molecule has 0 radical (unpaired) electrons. The van der Waals surface area contributed by atoms with Crippen LogP contribution in [0.1, 0.15) is 21.7 Å². The molecule has 1 atom stereocenters. The van der Waals surface area contributed by atoms with E-state index in [1.807, 2.05) is 0 Å². The molecule has 0 saturated heterocycles. The second kappa shape index (κ2) is 9.90. The van der Waals surface area contributed by atoms with Crippen molar-refractivity contribution in [3.05, 3.63) is 45.2 Å². The molecule has 0 fully saturated rings. The van der Waals surface area contributed by atoms with Gasteiger partial charge in [0.25, 0.3) is 12.3 Å². The van der Waals surface area contributed by atoms with Gasteiger partial charge in [0.15, 0.2) is 5.82 Å². The third-order valence-corrected chi connectivity index (χ3v) is 6.64. The molecule has 0 bridgehead atoms. The zero-order chi connectivity index (χ0) is 24.6. The Morgan fingerprint density at radius 3 is 2.79 bits per heavy atom. The van der Waals surface area contributed by atoms with Crippen LogP contribution in [0, 0.1) is 17.6 Å². The van der Waals surface area contributed by atoms with Gasteiger partial charge < -0.3 is 20.4 Å². The largest absolute Gasteiger partial charge is 0.340 e. The average Bonchev–Trinajstić information content (AvgIpc) is 3.09. The predicted molar refractivity (Wildman–Crippen MR) is 119 cm³/mol. The van der Waals surface area contributed by atoms with E-state index in [2.05, 4.69) is 31.7 Å². The summed E-state index contributed by atoms with van der Waals surface area (Å²) < 4.78 is 53.9. The number of hydrogen-bond acceptors (Lipinski definition) is 4. The molecule has 2 aliphatic rings. The van der Waals surface area contributed by atoms with Gasteiger partial charge in [0.05, 0.1) is 28.9 Å². The fourth-order valence-corrected chi connectivity index (χ4v) is 4.61. The Morgan fingerprint density at radius 2 is 2.06 bits per heavy atom. The number of benzene rings is 1. The van der Waals surface area contributed by atoms with Gasteiger partial charge in [0, 0.05) is 51.1 Å². The normalized spacial score (nSPS) is 18.1. The molecule has 4 rings (SSSR count). The SMILES string of the molecule is CN1CC(CNCC(F)F)Cn2nc3c(c2C1=O)CN(C(=O)Nc1ccc(F)c(Br)c1F)CC3. The lowest BCUT2D eigenvalue weighted by atomic mass is 10.0. The highest BCUT2D eigenvalue weighted by Crippen LogP contribution is 2.29. The summed E-state index contributed by atoms with van der Waals surface area (Å²) in [5, 5.41) is 9.74. The van der Waals surface area contributed by atoms with Crippen LogP contribution in [0.5, 0.6) is 0 Å². The molecule has 2 N–H and O–H groups in total. The highest BCUT2D eigenvalue weighted by molar-refractivity contribution is 9.10. The first-order chi connectivity index (χ1) is 16.2. The standard InChI is InChI=1S/C21H23BrF4N6O2/c1-30-8-11(6-27-7-16(24)25)9-32-19(20(30)33)12-10-31(5-4-14(12)29-32)21(34)28-15-3-2-13(23)17(22)18(15)26/h2-3,11,16,27H,4-10H2,1H3,(H,28,34). The molecule has 184 valence electrons. The van der Waals surface area contributed by atoms with E-state index in [4.69, 9.17) is 0 Å². The fraction of sp³-hybridized carbons (Fsp3) is 0.476. The van der Waals surface area contributed by atoms with Gasteiger partial charge in [-0.15, -0.1) is 0 Å². The maximum absolute atomic E-state index is 14.3. The number of carbonyl (C=O) groups excluding carboxylic acids is 2. The molecule has 0 spiro atoms. The number of anilines is 1. The van der Waals surface area contributed by atoms with Crippen molar-refractivity contribution in [1.82, 2.24) is 24.9 Å². The topological polar surface area (TPSA) is 82.5 Å². The molecule has 1 unspecified atom stereocenters. The highest BCUT2D eigenvalue weighted by Gasteiger charge is 2.35. The van der Waals surface area contributed by atoms with E-state index in [0.717, 1.165) is 12.1 Å². The Hall–Kier alpha value is -2.67.